The van der Waals surface area contributed by atoms with Gasteiger partial charge in [0.05, 0.1) is 21.1 Å². The van der Waals surface area contributed by atoms with Gasteiger partial charge in [0.1, 0.15) is 0 Å². The van der Waals surface area contributed by atoms with E-state index in [4.69, 9.17) is 0 Å². The Hall–Kier alpha value is -3.04. The number of phenolic OH excluding ortho intramolecular Hbond substituents is 1. The van der Waals surface area contributed by atoms with Gasteiger partial charge in [-0.1, -0.05) is 12.1 Å². The summed E-state index contributed by atoms with van der Waals surface area (Å²) in [5.41, 5.74) is 1.75. The molecule has 0 saturated heterocycles. The summed E-state index contributed by atoms with van der Waals surface area (Å²) in [6.45, 7) is 1.64. The number of nitrogens with one attached hydrogen (secondary N) is 1. The molecule has 0 aliphatic carbocycles. The second-order valence-electron chi connectivity index (χ2n) is 6.36. The third kappa shape index (κ3) is 3.46. The Kier molecular flexibility index (Phi) is 4.46. The van der Waals surface area contributed by atoms with Crippen molar-refractivity contribution in [2.75, 3.05) is 6.54 Å². The van der Waals surface area contributed by atoms with E-state index in [1.807, 2.05) is 17.5 Å². The van der Waals surface area contributed by atoms with Crippen molar-refractivity contribution in [1.82, 2.24) is 14.9 Å². The minimum atomic E-state index is -0.618. The van der Waals surface area contributed by atoms with E-state index in [0.29, 0.717) is 37.4 Å². The Morgan fingerprint density at radius 1 is 1.37 bits per heavy atom. The number of nitro groups is 1. The van der Waals surface area contributed by atoms with Gasteiger partial charge < -0.3 is 10.1 Å². The molecule has 0 amide bonds. The Balaban J connectivity index is 1.54. The summed E-state index contributed by atoms with van der Waals surface area (Å²) in [4.78, 5) is 33.2. The number of rotatable bonds is 4. The van der Waals surface area contributed by atoms with E-state index in [0.717, 1.165) is 16.1 Å². The van der Waals surface area contributed by atoms with Crippen LogP contribution in [0.3, 0.4) is 0 Å². The number of hydrogen-bond donors (Lipinski definition) is 2. The molecule has 4 rings (SSSR count). The Morgan fingerprint density at radius 3 is 2.93 bits per heavy atom. The maximum atomic E-state index is 12.5. The first-order chi connectivity index (χ1) is 13.0. The second kappa shape index (κ2) is 6.93. The monoisotopic (exact) mass is 384 g/mol. The lowest BCUT2D eigenvalue weighted by atomic mass is 10.1. The van der Waals surface area contributed by atoms with Crippen LogP contribution in [0.4, 0.5) is 5.69 Å². The Labute approximate surface area is 157 Å². The van der Waals surface area contributed by atoms with E-state index in [1.165, 1.54) is 23.5 Å². The molecule has 3 heterocycles. The summed E-state index contributed by atoms with van der Waals surface area (Å²) in [7, 11) is 0. The Bertz CT molecular complexity index is 1060. The first kappa shape index (κ1) is 17.4. The van der Waals surface area contributed by atoms with Gasteiger partial charge in [-0.2, -0.15) is 0 Å². The average molecular weight is 384 g/mol. The molecular formula is C18H16N4O4S. The fourth-order valence-corrected chi connectivity index (χ4v) is 3.90. The van der Waals surface area contributed by atoms with Gasteiger partial charge in [0.2, 0.25) is 0 Å². The normalized spacial score (nSPS) is 14.1. The first-order valence-corrected chi connectivity index (χ1v) is 9.24. The highest BCUT2D eigenvalue weighted by Crippen LogP contribution is 2.28. The zero-order chi connectivity index (χ0) is 19.0. The van der Waals surface area contributed by atoms with E-state index in [2.05, 4.69) is 14.9 Å². The number of fused-ring (bicyclic) bond motifs is 1. The van der Waals surface area contributed by atoms with Crippen LogP contribution < -0.4 is 5.56 Å². The number of nitro benzene ring substituents is 1. The van der Waals surface area contributed by atoms with Crippen LogP contribution in [0.1, 0.15) is 16.8 Å². The standard InChI is InChI=1S/C18H16N4O4S/c23-15-8-11(3-4-14(15)22(25)26)9-21-6-5-13-12(10-21)18(24)20-17(19-13)16-2-1-7-27-16/h1-4,7-8,23H,5-6,9-10H2,(H,19,20,24). The largest absolute Gasteiger partial charge is 0.502 e. The SMILES string of the molecule is O=c1[nH]c(-c2cccs2)nc2c1CN(Cc1ccc([N+](=O)[O-])c(O)c1)CC2. The molecule has 2 aromatic heterocycles. The number of aromatic hydroxyl groups is 1. The van der Waals surface area contributed by atoms with Gasteiger partial charge in [-0.05, 0) is 23.1 Å². The number of hydrogen-bond acceptors (Lipinski definition) is 7. The van der Waals surface area contributed by atoms with Crippen LogP contribution in [0.25, 0.3) is 10.7 Å². The summed E-state index contributed by atoms with van der Waals surface area (Å²) in [6, 6.07) is 8.16. The van der Waals surface area contributed by atoms with Crippen LogP contribution >= 0.6 is 11.3 Å². The molecule has 0 bridgehead atoms. The van der Waals surface area contributed by atoms with Crippen molar-refractivity contribution >= 4 is 17.0 Å². The maximum Gasteiger partial charge on any atom is 0.310 e. The van der Waals surface area contributed by atoms with Gasteiger partial charge in [-0.15, -0.1) is 11.3 Å². The van der Waals surface area contributed by atoms with Crippen molar-refractivity contribution in [2.45, 2.75) is 19.5 Å². The van der Waals surface area contributed by atoms with Crippen LogP contribution in [-0.4, -0.2) is 31.4 Å². The molecule has 1 aliphatic heterocycles. The van der Waals surface area contributed by atoms with Gasteiger partial charge in [-0.25, -0.2) is 4.98 Å². The van der Waals surface area contributed by atoms with E-state index in [1.54, 1.807) is 6.07 Å². The summed E-state index contributed by atoms with van der Waals surface area (Å²) < 4.78 is 0. The van der Waals surface area contributed by atoms with Crippen molar-refractivity contribution in [1.29, 1.82) is 0 Å². The number of benzene rings is 1. The number of nitrogens with zero attached hydrogens (tertiary/aromatic N) is 3. The van der Waals surface area contributed by atoms with Crippen molar-refractivity contribution < 1.29 is 10.0 Å². The molecule has 1 aliphatic rings. The lowest BCUT2D eigenvalue weighted by molar-refractivity contribution is -0.385. The van der Waals surface area contributed by atoms with Gasteiger partial charge >= 0.3 is 5.69 Å². The van der Waals surface area contributed by atoms with Crippen LogP contribution in [0, 0.1) is 10.1 Å². The van der Waals surface area contributed by atoms with Gasteiger partial charge in [0.25, 0.3) is 5.56 Å². The molecule has 0 radical (unpaired) electrons. The number of thiophene rings is 1. The molecule has 9 heteroatoms. The predicted molar refractivity (Wildman–Crippen MR) is 101 cm³/mol. The fourth-order valence-electron chi connectivity index (χ4n) is 3.23. The van der Waals surface area contributed by atoms with E-state index in [9.17, 15) is 20.0 Å². The Morgan fingerprint density at radius 2 is 2.22 bits per heavy atom. The number of phenols is 1. The topological polar surface area (TPSA) is 112 Å². The zero-order valence-electron chi connectivity index (χ0n) is 14.2. The van der Waals surface area contributed by atoms with Crippen molar-refractivity contribution in [3.8, 4) is 16.5 Å². The lowest BCUT2D eigenvalue weighted by Crippen LogP contribution is -2.35. The molecule has 8 nitrogen and oxygen atoms in total. The zero-order valence-corrected chi connectivity index (χ0v) is 15.0. The minimum Gasteiger partial charge on any atom is -0.502 e. The fraction of sp³-hybridized carbons (Fsp3) is 0.222. The van der Waals surface area contributed by atoms with E-state index in [-0.39, 0.29) is 17.0 Å². The molecule has 0 spiro atoms. The molecule has 27 heavy (non-hydrogen) atoms. The van der Waals surface area contributed by atoms with E-state index >= 15 is 0 Å². The number of aromatic nitrogens is 2. The van der Waals surface area contributed by atoms with Crippen molar-refractivity contribution in [2.24, 2.45) is 0 Å². The predicted octanol–water partition coefficient (Wildman–Crippen LogP) is 2.67. The molecule has 0 unspecified atom stereocenters. The quantitative estimate of drug-likeness (QED) is 0.528. The minimum absolute atomic E-state index is 0.139. The summed E-state index contributed by atoms with van der Waals surface area (Å²) in [6.07, 6.45) is 0.649. The smallest absolute Gasteiger partial charge is 0.310 e. The highest BCUT2D eigenvalue weighted by atomic mass is 32.1. The second-order valence-corrected chi connectivity index (χ2v) is 7.31. The van der Waals surface area contributed by atoms with Crippen LogP contribution in [0.2, 0.25) is 0 Å². The summed E-state index contributed by atoms with van der Waals surface area (Å²) in [5, 5.41) is 22.5. The molecule has 0 atom stereocenters. The summed E-state index contributed by atoms with van der Waals surface area (Å²) >= 11 is 1.53. The molecule has 0 saturated carbocycles. The molecular weight excluding hydrogens is 368 g/mol. The summed E-state index contributed by atoms with van der Waals surface area (Å²) in [5.74, 6) is 0.248. The number of H-pyrrole nitrogens is 1. The van der Waals surface area contributed by atoms with Gasteiger partial charge in [0.15, 0.2) is 11.6 Å². The van der Waals surface area contributed by atoms with Gasteiger partial charge in [-0.3, -0.25) is 19.8 Å². The number of aromatic amines is 1. The van der Waals surface area contributed by atoms with Gasteiger partial charge in [0, 0.05) is 32.1 Å². The van der Waals surface area contributed by atoms with Crippen molar-refractivity contribution in [3.05, 3.63) is 73.0 Å². The molecule has 138 valence electrons. The van der Waals surface area contributed by atoms with Crippen LogP contribution in [0.15, 0.2) is 40.5 Å². The molecule has 3 aromatic rings. The maximum absolute atomic E-state index is 12.5. The first-order valence-electron chi connectivity index (χ1n) is 8.36. The van der Waals surface area contributed by atoms with E-state index < -0.39 is 4.92 Å². The highest BCUT2D eigenvalue weighted by molar-refractivity contribution is 7.13. The van der Waals surface area contributed by atoms with Crippen LogP contribution in [-0.2, 0) is 19.5 Å². The third-order valence-electron chi connectivity index (χ3n) is 4.54. The lowest BCUT2D eigenvalue weighted by Gasteiger charge is -2.27. The molecule has 2 N–H and O–H groups in total. The highest BCUT2D eigenvalue weighted by Gasteiger charge is 2.22. The molecule has 1 aromatic carbocycles. The average Bonchev–Trinajstić information content (AvgIpc) is 3.16. The van der Waals surface area contributed by atoms with Crippen molar-refractivity contribution in [3.63, 3.8) is 0 Å². The third-order valence-corrected chi connectivity index (χ3v) is 5.42. The molecule has 0 fully saturated rings. The van der Waals surface area contributed by atoms with Crippen LogP contribution in [0.5, 0.6) is 5.75 Å².